The van der Waals surface area contributed by atoms with Crippen LogP contribution in [0.15, 0.2) is 18.2 Å². The van der Waals surface area contributed by atoms with E-state index in [1.807, 2.05) is 0 Å². The van der Waals surface area contributed by atoms with Gasteiger partial charge in [-0.2, -0.15) is 0 Å². The Balaban J connectivity index is 2.03. The number of hydrogen-bond donors (Lipinski definition) is 3. The van der Waals surface area contributed by atoms with Crippen molar-refractivity contribution in [3.63, 3.8) is 0 Å². The number of aromatic hydroxyl groups is 1. The van der Waals surface area contributed by atoms with Gasteiger partial charge in [0.05, 0.1) is 0 Å². The minimum absolute atomic E-state index is 0.0343. The Labute approximate surface area is 93.9 Å². The Morgan fingerprint density at radius 2 is 2.19 bits per heavy atom. The highest BCUT2D eigenvalue weighted by Gasteiger charge is 2.16. The van der Waals surface area contributed by atoms with Crippen LogP contribution >= 0.6 is 0 Å². The van der Waals surface area contributed by atoms with Crippen molar-refractivity contribution in [1.29, 1.82) is 0 Å². The fourth-order valence-electron chi connectivity index (χ4n) is 1.74. The number of carboxylic acid groups (broad SMARTS) is 1. The van der Waals surface area contributed by atoms with Gasteiger partial charge in [0.2, 0.25) is 0 Å². The van der Waals surface area contributed by atoms with Crippen molar-refractivity contribution in [2.75, 3.05) is 0 Å². The Bertz CT molecular complexity index is 399. The van der Waals surface area contributed by atoms with Crippen molar-refractivity contribution in [2.24, 2.45) is 0 Å². The molecular weight excluding hydrogens is 206 g/mol. The summed E-state index contributed by atoms with van der Waals surface area (Å²) in [5.74, 6) is -1.28. The van der Waals surface area contributed by atoms with Gasteiger partial charge in [-0.1, -0.05) is 12.5 Å². The van der Waals surface area contributed by atoms with Gasteiger partial charge in [0, 0.05) is 12.6 Å². The average Bonchev–Trinajstić information content (AvgIpc) is 2.17. The number of hydrogen-bond acceptors (Lipinski definition) is 3. The lowest BCUT2D eigenvalue weighted by atomic mass is 9.93. The predicted octanol–water partition coefficient (Wildman–Crippen LogP) is 1.73. The third kappa shape index (κ3) is 2.33. The maximum absolute atomic E-state index is 10.8. The molecule has 0 bridgehead atoms. The first kappa shape index (κ1) is 11.0. The molecular formula is C12H15NO3. The minimum Gasteiger partial charge on any atom is -0.507 e. The number of nitrogens with one attached hydrogen (secondary N) is 1. The van der Waals surface area contributed by atoms with Crippen molar-refractivity contribution in [3.8, 4) is 5.75 Å². The fraction of sp³-hybridized carbons (Fsp3) is 0.417. The molecule has 0 amide bonds. The summed E-state index contributed by atoms with van der Waals surface area (Å²) < 4.78 is 0. The highest BCUT2D eigenvalue weighted by atomic mass is 16.4. The van der Waals surface area contributed by atoms with E-state index < -0.39 is 5.97 Å². The predicted molar refractivity (Wildman–Crippen MR) is 59.5 cm³/mol. The number of carboxylic acids is 1. The quantitative estimate of drug-likeness (QED) is 0.724. The molecule has 3 N–H and O–H groups in total. The monoisotopic (exact) mass is 221 g/mol. The zero-order chi connectivity index (χ0) is 11.5. The number of carbonyl (C=O) groups is 1. The van der Waals surface area contributed by atoms with Crippen molar-refractivity contribution in [2.45, 2.75) is 31.8 Å². The van der Waals surface area contributed by atoms with Crippen LogP contribution in [0.25, 0.3) is 0 Å². The largest absolute Gasteiger partial charge is 0.507 e. The van der Waals surface area contributed by atoms with Gasteiger partial charge in [0.15, 0.2) is 0 Å². The first-order valence-corrected chi connectivity index (χ1v) is 5.45. The molecule has 4 nitrogen and oxygen atoms in total. The number of rotatable bonds is 4. The summed E-state index contributed by atoms with van der Waals surface area (Å²) in [5, 5.41) is 21.5. The Kier molecular flexibility index (Phi) is 3.10. The Morgan fingerprint density at radius 3 is 2.75 bits per heavy atom. The molecule has 1 aromatic rings. The second kappa shape index (κ2) is 4.53. The fourth-order valence-corrected chi connectivity index (χ4v) is 1.74. The van der Waals surface area contributed by atoms with Crippen LogP contribution in [-0.4, -0.2) is 22.2 Å². The van der Waals surface area contributed by atoms with Crippen molar-refractivity contribution in [1.82, 2.24) is 5.32 Å². The van der Waals surface area contributed by atoms with Crippen molar-refractivity contribution in [3.05, 3.63) is 29.3 Å². The Morgan fingerprint density at radius 1 is 1.44 bits per heavy atom. The molecule has 0 unspecified atom stereocenters. The third-order valence-electron chi connectivity index (χ3n) is 2.99. The van der Waals surface area contributed by atoms with Crippen molar-refractivity contribution < 1.29 is 15.0 Å². The summed E-state index contributed by atoms with van der Waals surface area (Å²) in [6.07, 6.45) is 3.67. The molecule has 86 valence electrons. The topological polar surface area (TPSA) is 69.6 Å². The normalized spacial score (nSPS) is 15.8. The molecule has 0 radical (unpaired) electrons. The molecule has 1 fully saturated rings. The Hall–Kier alpha value is -1.55. The van der Waals surface area contributed by atoms with Gasteiger partial charge in [-0.05, 0) is 30.5 Å². The van der Waals surface area contributed by atoms with E-state index in [4.69, 9.17) is 5.11 Å². The number of aromatic carboxylic acids is 1. The smallest absolute Gasteiger partial charge is 0.339 e. The molecule has 16 heavy (non-hydrogen) atoms. The second-order valence-corrected chi connectivity index (χ2v) is 4.17. The molecule has 1 aliphatic rings. The van der Waals surface area contributed by atoms with Gasteiger partial charge in [-0.25, -0.2) is 4.79 Å². The third-order valence-corrected chi connectivity index (χ3v) is 2.99. The van der Waals surface area contributed by atoms with Gasteiger partial charge >= 0.3 is 5.97 Å². The van der Waals surface area contributed by atoms with Gasteiger partial charge in [0.25, 0.3) is 0 Å². The SMILES string of the molecule is O=C(O)c1cc(CNC2CCC2)ccc1O. The van der Waals surface area contributed by atoms with E-state index in [1.165, 1.54) is 31.4 Å². The summed E-state index contributed by atoms with van der Waals surface area (Å²) in [4.78, 5) is 10.8. The lowest BCUT2D eigenvalue weighted by Crippen LogP contribution is -2.34. The van der Waals surface area contributed by atoms with E-state index >= 15 is 0 Å². The van der Waals surface area contributed by atoms with Crippen LogP contribution < -0.4 is 5.32 Å². The van der Waals surface area contributed by atoms with Crippen LogP contribution in [0.3, 0.4) is 0 Å². The highest BCUT2D eigenvalue weighted by Crippen LogP contribution is 2.21. The molecule has 2 rings (SSSR count). The zero-order valence-corrected chi connectivity index (χ0v) is 8.94. The standard InChI is InChI=1S/C12H15NO3/c14-11-5-4-8(6-10(11)12(15)16)7-13-9-2-1-3-9/h4-6,9,13-14H,1-3,7H2,(H,15,16). The number of phenols is 1. The van der Waals surface area contributed by atoms with E-state index in [0.29, 0.717) is 12.6 Å². The van der Waals surface area contributed by atoms with Gasteiger partial charge in [-0.3, -0.25) is 0 Å². The number of benzene rings is 1. The molecule has 4 heteroatoms. The van der Waals surface area contributed by atoms with E-state index in [9.17, 15) is 9.90 Å². The van der Waals surface area contributed by atoms with Gasteiger partial charge in [0.1, 0.15) is 11.3 Å². The van der Waals surface area contributed by atoms with Crippen LogP contribution in [0.4, 0.5) is 0 Å². The summed E-state index contributed by atoms with van der Waals surface area (Å²) >= 11 is 0. The maximum atomic E-state index is 10.8. The van der Waals surface area contributed by atoms with Gasteiger partial charge in [-0.15, -0.1) is 0 Å². The minimum atomic E-state index is -1.09. The van der Waals surface area contributed by atoms with Crippen LogP contribution in [0.5, 0.6) is 5.75 Å². The van der Waals surface area contributed by atoms with Gasteiger partial charge < -0.3 is 15.5 Å². The maximum Gasteiger partial charge on any atom is 0.339 e. The lowest BCUT2D eigenvalue weighted by molar-refractivity contribution is 0.0693. The summed E-state index contributed by atoms with van der Waals surface area (Å²) in [5.41, 5.74) is 0.856. The molecule has 0 aromatic heterocycles. The molecule has 1 saturated carbocycles. The van der Waals surface area contributed by atoms with Crippen LogP contribution in [0.1, 0.15) is 35.2 Å². The lowest BCUT2D eigenvalue weighted by Gasteiger charge is -2.26. The van der Waals surface area contributed by atoms with E-state index in [0.717, 1.165) is 5.56 Å². The molecule has 0 spiro atoms. The van der Waals surface area contributed by atoms with Crippen LogP contribution in [0.2, 0.25) is 0 Å². The van der Waals surface area contributed by atoms with Crippen molar-refractivity contribution >= 4 is 5.97 Å². The van der Waals surface area contributed by atoms with E-state index in [2.05, 4.69) is 5.32 Å². The average molecular weight is 221 g/mol. The second-order valence-electron chi connectivity index (χ2n) is 4.17. The van der Waals surface area contributed by atoms with Crippen LogP contribution in [-0.2, 0) is 6.54 Å². The molecule has 1 aliphatic carbocycles. The van der Waals surface area contributed by atoms with E-state index in [-0.39, 0.29) is 11.3 Å². The summed E-state index contributed by atoms with van der Waals surface area (Å²) in [6.45, 7) is 0.658. The molecule has 0 atom stereocenters. The molecule has 0 saturated heterocycles. The molecule has 1 aromatic carbocycles. The summed E-state index contributed by atoms with van der Waals surface area (Å²) in [6, 6.07) is 5.26. The molecule has 0 aliphatic heterocycles. The molecule has 0 heterocycles. The first-order chi connectivity index (χ1) is 7.66. The zero-order valence-electron chi connectivity index (χ0n) is 8.94. The van der Waals surface area contributed by atoms with Crippen LogP contribution in [0, 0.1) is 0 Å². The summed E-state index contributed by atoms with van der Waals surface area (Å²) in [7, 11) is 0. The van der Waals surface area contributed by atoms with E-state index in [1.54, 1.807) is 6.07 Å². The first-order valence-electron chi connectivity index (χ1n) is 5.45. The highest BCUT2D eigenvalue weighted by molar-refractivity contribution is 5.90.